The van der Waals surface area contributed by atoms with Crippen LogP contribution in [0.3, 0.4) is 0 Å². The summed E-state index contributed by atoms with van der Waals surface area (Å²) in [7, 11) is 4.77. The van der Waals surface area contributed by atoms with Gasteiger partial charge in [0, 0.05) is 25.9 Å². The van der Waals surface area contributed by atoms with Crippen LogP contribution in [0.25, 0.3) is 5.69 Å². The smallest absolute Gasteiger partial charge is 0.345 e. The van der Waals surface area contributed by atoms with Crippen LogP contribution >= 0.6 is 0 Å². The zero-order valence-corrected chi connectivity index (χ0v) is 16.9. The quantitative estimate of drug-likeness (QED) is 0.794. The molecule has 1 aromatic carbocycles. The highest BCUT2D eigenvalue weighted by Crippen LogP contribution is 2.30. The van der Waals surface area contributed by atoms with Crippen LogP contribution in [0.4, 0.5) is 18.9 Å². The Morgan fingerprint density at radius 3 is 2.43 bits per heavy atom. The molecule has 8 nitrogen and oxygen atoms in total. The number of alkyl halides is 3. The lowest BCUT2D eigenvalue weighted by atomic mass is 10.1. The predicted octanol–water partition coefficient (Wildman–Crippen LogP) is 2.46. The van der Waals surface area contributed by atoms with E-state index in [1.54, 1.807) is 56.2 Å². The van der Waals surface area contributed by atoms with Crippen molar-refractivity contribution in [2.24, 2.45) is 15.9 Å². The number of aryl methyl sites for hydroxylation is 1. The number of guanidine groups is 1. The molecule has 0 fully saturated rings. The molecule has 2 unspecified atom stereocenters. The molecule has 1 aliphatic rings. The van der Waals surface area contributed by atoms with Crippen LogP contribution in [0.15, 0.2) is 40.4 Å². The van der Waals surface area contributed by atoms with Gasteiger partial charge in [0.25, 0.3) is 5.91 Å². The van der Waals surface area contributed by atoms with E-state index in [1.165, 1.54) is 11.9 Å². The average molecular weight is 421 g/mol. The van der Waals surface area contributed by atoms with Crippen molar-refractivity contribution in [2.45, 2.75) is 19.3 Å². The molecule has 30 heavy (non-hydrogen) atoms. The minimum absolute atomic E-state index is 0.0597. The SMILES string of the molecule is CNC1N=C(Nc2cn(-c3ccc(C(=O)N(C)C)cc3)nc2C)N=CC1C(F)(F)F. The molecule has 2 atom stereocenters. The lowest BCUT2D eigenvalue weighted by Gasteiger charge is -2.26. The maximum absolute atomic E-state index is 13.1. The normalized spacial score (nSPS) is 18.8. The Kier molecular flexibility index (Phi) is 5.92. The van der Waals surface area contributed by atoms with Gasteiger partial charge in [0.1, 0.15) is 12.1 Å². The van der Waals surface area contributed by atoms with Gasteiger partial charge in [-0.25, -0.2) is 14.7 Å². The summed E-state index contributed by atoms with van der Waals surface area (Å²) in [5, 5.41) is 9.88. The van der Waals surface area contributed by atoms with Gasteiger partial charge in [-0.05, 0) is 38.2 Å². The Morgan fingerprint density at radius 1 is 1.20 bits per heavy atom. The second kappa shape index (κ2) is 8.27. The second-order valence-electron chi connectivity index (χ2n) is 6.98. The molecule has 11 heteroatoms. The van der Waals surface area contributed by atoms with Crippen molar-refractivity contribution in [2.75, 3.05) is 26.5 Å². The molecule has 0 bridgehead atoms. The molecule has 2 heterocycles. The zero-order valence-electron chi connectivity index (χ0n) is 16.9. The fourth-order valence-electron chi connectivity index (χ4n) is 2.90. The molecule has 0 saturated heterocycles. The number of carbonyl (C=O) groups is 1. The summed E-state index contributed by atoms with van der Waals surface area (Å²) in [6, 6.07) is 6.92. The molecule has 0 radical (unpaired) electrons. The number of anilines is 1. The van der Waals surface area contributed by atoms with Gasteiger partial charge in [-0.3, -0.25) is 10.1 Å². The number of amides is 1. The average Bonchev–Trinajstić information content (AvgIpc) is 3.06. The van der Waals surface area contributed by atoms with Gasteiger partial charge < -0.3 is 10.2 Å². The Hall–Kier alpha value is -3.21. The van der Waals surface area contributed by atoms with Crippen LogP contribution in [0.1, 0.15) is 16.1 Å². The minimum Gasteiger partial charge on any atom is -0.345 e. The first-order valence-electron chi connectivity index (χ1n) is 9.11. The number of hydrogen-bond donors (Lipinski definition) is 2. The summed E-state index contributed by atoms with van der Waals surface area (Å²) in [6.45, 7) is 1.75. The number of halogens is 3. The maximum Gasteiger partial charge on any atom is 0.400 e. The molecule has 0 saturated carbocycles. The molecule has 2 aromatic rings. The van der Waals surface area contributed by atoms with Gasteiger partial charge in [-0.2, -0.15) is 18.3 Å². The predicted molar refractivity (Wildman–Crippen MR) is 108 cm³/mol. The highest BCUT2D eigenvalue weighted by atomic mass is 19.4. The van der Waals surface area contributed by atoms with Crippen molar-refractivity contribution in [1.82, 2.24) is 20.0 Å². The fraction of sp³-hybridized carbons (Fsp3) is 0.368. The first-order chi connectivity index (χ1) is 14.1. The Bertz CT molecular complexity index is 977. The topological polar surface area (TPSA) is 86.9 Å². The lowest BCUT2D eigenvalue weighted by molar-refractivity contribution is -0.160. The fourth-order valence-corrected chi connectivity index (χ4v) is 2.90. The highest BCUT2D eigenvalue weighted by Gasteiger charge is 2.45. The highest BCUT2D eigenvalue weighted by molar-refractivity contribution is 6.00. The summed E-state index contributed by atoms with van der Waals surface area (Å²) in [6.07, 6.45) is -3.08. The van der Waals surface area contributed by atoms with E-state index in [0.717, 1.165) is 11.9 Å². The third kappa shape index (κ3) is 4.51. The number of carbonyl (C=O) groups excluding carboxylic acids is 1. The largest absolute Gasteiger partial charge is 0.400 e. The number of hydrogen-bond acceptors (Lipinski definition) is 6. The van der Waals surface area contributed by atoms with Crippen LogP contribution < -0.4 is 10.6 Å². The number of aliphatic imine (C=N–C) groups is 2. The minimum atomic E-state index is -4.44. The molecule has 2 N–H and O–H groups in total. The summed E-state index contributed by atoms with van der Waals surface area (Å²) >= 11 is 0. The molecular formula is C19H22F3N7O. The van der Waals surface area contributed by atoms with Crippen LogP contribution in [-0.2, 0) is 0 Å². The molecule has 1 amide bonds. The zero-order chi connectivity index (χ0) is 22.1. The van der Waals surface area contributed by atoms with Crippen molar-refractivity contribution < 1.29 is 18.0 Å². The van der Waals surface area contributed by atoms with E-state index in [2.05, 4.69) is 25.7 Å². The monoisotopic (exact) mass is 421 g/mol. The summed E-state index contributed by atoms with van der Waals surface area (Å²) < 4.78 is 40.8. The van der Waals surface area contributed by atoms with E-state index in [4.69, 9.17) is 0 Å². The number of rotatable bonds is 4. The Labute approximate surface area is 171 Å². The maximum atomic E-state index is 13.1. The van der Waals surface area contributed by atoms with Crippen LogP contribution in [0.5, 0.6) is 0 Å². The summed E-state index contributed by atoms with van der Waals surface area (Å²) in [5.74, 6) is -1.84. The van der Waals surface area contributed by atoms with E-state index in [-0.39, 0.29) is 11.9 Å². The Balaban J connectivity index is 1.78. The summed E-state index contributed by atoms with van der Waals surface area (Å²) in [5.41, 5.74) is 2.44. The Morgan fingerprint density at radius 2 is 1.87 bits per heavy atom. The third-order valence-corrected chi connectivity index (χ3v) is 4.56. The standard InChI is InChI=1S/C19H22F3N7O/c1-11-15(25-18-24-9-14(19(20,21)22)16(23-2)26-18)10-29(27-11)13-7-5-12(6-8-13)17(30)28(3)4/h5-10,14,16,23H,1-4H3,(H,25,26). The van der Waals surface area contributed by atoms with E-state index in [9.17, 15) is 18.0 Å². The number of aromatic nitrogens is 2. The van der Waals surface area contributed by atoms with Crippen molar-refractivity contribution in [1.29, 1.82) is 0 Å². The molecule has 1 aromatic heterocycles. The summed E-state index contributed by atoms with van der Waals surface area (Å²) in [4.78, 5) is 21.3. The van der Waals surface area contributed by atoms with Gasteiger partial charge >= 0.3 is 6.18 Å². The first kappa shape index (κ1) is 21.5. The van der Waals surface area contributed by atoms with Crippen molar-refractivity contribution >= 4 is 23.8 Å². The van der Waals surface area contributed by atoms with E-state index >= 15 is 0 Å². The van der Waals surface area contributed by atoms with Gasteiger partial charge in [-0.15, -0.1) is 0 Å². The molecule has 0 aliphatic carbocycles. The van der Waals surface area contributed by atoms with Gasteiger partial charge in [0.15, 0.2) is 0 Å². The number of benzene rings is 1. The number of nitrogens with zero attached hydrogens (tertiary/aromatic N) is 5. The first-order valence-corrected chi connectivity index (χ1v) is 9.11. The van der Waals surface area contributed by atoms with Gasteiger partial charge in [-0.1, -0.05) is 0 Å². The molecular weight excluding hydrogens is 399 g/mol. The molecule has 1 aliphatic heterocycles. The van der Waals surface area contributed by atoms with Crippen molar-refractivity contribution in [3.8, 4) is 5.69 Å². The third-order valence-electron chi connectivity index (χ3n) is 4.56. The molecule has 3 rings (SSSR count). The van der Waals surface area contributed by atoms with Gasteiger partial charge in [0.2, 0.25) is 5.96 Å². The lowest BCUT2D eigenvalue weighted by Crippen LogP contribution is -2.44. The van der Waals surface area contributed by atoms with E-state index in [1.807, 2.05) is 0 Å². The van der Waals surface area contributed by atoms with E-state index < -0.39 is 18.3 Å². The van der Waals surface area contributed by atoms with E-state index in [0.29, 0.717) is 16.9 Å². The number of nitrogens with one attached hydrogen (secondary N) is 2. The van der Waals surface area contributed by atoms with Crippen LogP contribution in [0, 0.1) is 12.8 Å². The van der Waals surface area contributed by atoms with Crippen LogP contribution in [0.2, 0.25) is 0 Å². The van der Waals surface area contributed by atoms with Crippen molar-refractivity contribution in [3.63, 3.8) is 0 Å². The second-order valence-corrected chi connectivity index (χ2v) is 6.98. The van der Waals surface area contributed by atoms with Crippen LogP contribution in [-0.4, -0.2) is 66.2 Å². The van der Waals surface area contributed by atoms with Crippen molar-refractivity contribution in [3.05, 3.63) is 41.7 Å². The van der Waals surface area contributed by atoms with Gasteiger partial charge in [0.05, 0.1) is 23.3 Å². The molecule has 0 spiro atoms. The molecule has 160 valence electrons.